The van der Waals surface area contributed by atoms with Crippen LogP contribution in [0, 0.1) is 5.92 Å². The third-order valence-electron chi connectivity index (χ3n) is 5.86. The summed E-state index contributed by atoms with van der Waals surface area (Å²) < 4.78 is 5.51. The summed E-state index contributed by atoms with van der Waals surface area (Å²) in [7, 11) is 0. The second-order valence-electron chi connectivity index (χ2n) is 8.52. The predicted molar refractivity (Wildman–Crippen MR) is 110 cm³/mol. The average Bonchev–Trinajstić information content (AvgIpc) is 3.16. The van der Waals surface area contributed by atoms with Crippen LogP contribution in [-0.2, 0) is 5.41 Å². The zero-order valence-electron chi connectivity index (χ0n) is 17.1. The standard InChI is InChI=1S/C21H26N6O2/c1-13(2)21(4,17-25-19(29-26-17)27-11-20(3,28)12-27)16-7-5-14(6-8-16)15-9-23-18(22)24-10-15/h5-10,13,28H,11-12H2,1-4H3,(H2,22,23,24). The van der Waals surface area contributed by atoms with Gasteiger partial charge in [-0.05, 0) is 30.9 Å². The number of anilines is 2. The van der Waals surface area contributed by atoms with E-state index in [-0.39, 0.29) is 11.9 Å². The van der Waals surface area contributed by atoms with E-state index >= 15 is 0 Å². The van der Waals surface area contributed by atoms with Crippen molar-refractivity contribution >= 4 is 12.0 Å². The minimum absolute atomic E-state index is 0.234. The number of nitrogens with zero attached hydrogens (tertiary/aromatic N) is 5. The first kappa shape index (κ1) is 19.3. The molecule has 3 N–H and O–H groups in total. The summed E-state index contributed by atoms with van der Waals surface area (Å²) in [6, 6.07) is 8.69. The molecule has 0 bridgehead atoms. The van der Waals surface area contributed by atoms with Crippen LogP contribution < -0.4 is 10.6 Å². The van der Waals surface area contributed by atoms with Crippen LogP contribution in [0.25, 0.3) is 11.1 Å². The van der Waals surface area contributed by atoms with Crippen LogP contribution in [0.4, 0.5) is 12.0 Å². The molecule has 1 atom stereocenters. The maximum absolute atomic E-state index is 9.97. The van der Waals surface area contributed by atoms with E-state index in [9.17, 15) is 5.11 Å². The average molecular weight is 394 g/mol. The maximum atomic E-state index is 9.97. The highest BCUT2D eigenvalue weighted by atomic mass is 16.5. The summed E-state index contributed by atoms with van der Waals surface area (Å²) in [5.41, 5.74) is 7.46. The minimum Gasteiger partial charge on any atom is -0.386 e. The highest BCUT2D eigenvalue weighted by Gasteiger charge is 2.42. The molecule has 0 saturated carbocycles. The Morgan fingerprint density at radius 3 is 2.31 bits per heavy atom. The Morgan fingerprint density at radius 1 is 1.14 bits per heavy atom. The highest BCUT2D eigenvalue weighted by Crippen LogP contribution is 2.39. The van der Waals surface area contributed by atoms with Gasteiger partial charge in [-0.1, -0.05) is 43.3 Å². The normalized spacial score (nSPS) is 17.8. The quantitative estimate of drug-likeness (QED) is 0.679. The van der Waals surface area contributed by atoms with Crippen molar-refractivity contribution in [2.45, 2.75) is 38.7 Å². The molecular weight excluding hydrogens is 368 g/mol. The largest absolute Gasteiger partial charge is 0.386 e. The van der Waals surface area contributed by atoms with Gasteiger partial charge in [0.2, 0.25) is 5.95 Å². The first-order chi connectivity index (χ1) is 13.7. The maximum Gasteiger partial charge on any atom is 0.324 e. The van der Waals surface area contributed by atoms with Crippen LogP contribution in [0.1, 0.15) is 39.1 Å². The molecule has 152 valence electrons. The summed E-state index contributed by atoms with van der Waals surface area (Å²) in [5, 5.41) is 14.2. The fourth-order valence-corrected chi connectivity index (χ4v) is 3.68. The molecule has 3 aromatic rings. The van der Waals surface area contributed by atoms with Gasteiger partial charge in [0, 0.05) is 18.0 Å². The zero-order valence-corrected chi connectivity index (χ0v) is 17.1. The van der Waals surface area contributed by atoms with Gasteiger partial charge in [0.05, 0.1) is 24.1 Å². The first-order valence-electron chi connectivity index (χ1n) is 9.69. The van der Waals surface area contributed by atoms with Crippen molar-refractivity contribution in [3.8, 4) is 11.1 Å². The highest BCUT2D eigenvalue weighted by molar-refractivity contribution is 5.62. The lowest BCUT2D eigenvalue weighted by Crippen LogP contribution is -2.60. The van der Waals surface area contributed by atoms with Crippen molar-refractivity contribution in [2.75, 3.05) is 23.7 Å². The van der Waals surface area contributed by atoms with Gasteiger partial charge in [-0.25, -0.2) is 9.97 Å². The van der Waals surface area contributed by atoms with E-state index in [0.717, 1.165) is 16.7 Å². The number of hydrogen-bond donors (Lipinski definition) is 2. The third-order valence-corrected chi connectivity index (χ3v) is 5.86. The molecule has 4 rings (SSSR count). The van der Waals surface area contributed by atoms with Gasteiger partial charge < -0.3 is 20.3 Å². The van der Waals surface area contributed by atoms with Crippen molar-refractivity contribution in [2.24, 2.45) is 5.92 Å². The summed E-state index contributed by atoms with van der Waals surface area (Å²) in [6.45, 7) is 9.20. The molecule has 0 amide bonds. The number of hydrogen-bond acceptors (Lipinski definition) is 8. The molecule has 1 unspecified atom stereocenters. The van der Waals surface area contributed by atoms with Gasteiger partial charge in [-0.2, -0.15) is 4.98 Å². The molecule has 0 spiro atoms. The summed E-state index contributed by atoms with van der Waals surface area (Å²) in [5.74, 6) is 1.13. The number of aromatic nitrogens is 4. The van der Waals surface area contributed by atoms with Crippen LogP contribution >= 0.6 is 0 Å². The van der Waals surface area contributed by atoms with Gasteiger partial charge in [-0.15, -0.1) is 0 Å². The van der Waals surface area contributed by atoms with Crippen LogP contribution in [0.15, 0.2) is 41.2 Å². The van der Waals surface area contributed by atoms with Crippen LogP contribution in [0.2, 0.25) is 0 Å². The second-order valence-corrected chi connectivity index (χ2v) is 8.52. The van der Waals surface area contributed by atoms with Gasteiger partial charge in [0.25, 0.3) is 0 Å². The number of β-amino-alcohol motifs (C(OH)–C–C–N with tert-alkyl or cyclic N) is 1. The summed E-state index contributed by atoms with van der Waals surface area (Å²) in [4.78, 5) is 14.7. The lowest BCUT2D eigenvalue weighted by molar-refractivity contribution is 0.0272. The van der Waals surface area contributed by atoms with Gasteiger partial charge in [0.15, 0.2) is 5.82 Å². The van der Waals surface area contributed by atoms with E-state index in [1.807, 2.05) is 17.0 Å². The SMILES string of the molecule is CC(C)C(C)(c1ccc(-c2cnc(N)nc2)cc1)c1noc(N2CC(C)(O)C2)n1. The molecule has 2 aromatic heterocycles. The van der Waals surface area contributed by atoms with Crippen molar-refractivity contribution in [3.05, 3.63) is 48.0 Å². The number of benzene rings is 1. The van der Waals surface area contributed by atoms with E-state index in [4.69, 9.17) is 10.3 Å². The molecule has 1 aliphatic heterocycles. The molecule has 8 nitrogen and oxygen atoms in total. The fraction of sp³-hybridized carbons (Fsp3) is 0.429. The van der Waals surface area contributed by atoms with Crippen molar-refractivity contribution in [1.82, 2.24) is 20.1 Å². The molecule has 1 fully saturated rings. The number of rotatable bonds is 5. The summed E-state index contributed by atoms with van der Waals surface area (Å²) in [6.07, 6.45) is 3.43. The van der Waals surface area contributed by atoms with Crippen molar-refractivity contribution < 1.29 is 9.63 Å². The van der Waals surface area contributed by atoms with Crippen molar-refractivity contribution in [3.63, 3.8) is 0 Å². The van der Waals surface area contributed by atoms with Gasteiger partial charge in [0.1, 0.15) is 0 Å². The summed E-state index contributed by atoms with van der Waals surface area (Å²) >= 11 is 0. The molecule has 0 radical (unpaired) electrons. The number of aliphatic hydroxyl groups is 1. The topological polar surface area (TPSA) is 114 Å². The van der Waals surface area contributed by atoms with Crippen LogP contribution in [0.3, 0.4) is 0 Å². The van der Waals surface area contributed by atoms with Gasteiger partial charge >= 0.3 is 6.01 Å². The number of nitrogens with two attached hydrogens (primary N) is 1. The Balaban J connectivity index is 1.63. The first-order valence-corrected chi connectivity index (χ1v) is 9.69. The van der Waals surface area contributed by atoms with Crippen LogP contribution in [-0.4, -0.2) is 43.9 Å². The molecule has 1 aliphatic rings. The Hall–Kier alpha value is -3.00. The van der Waals surface area contributed by atoms with Gasteiger partial charge in [-0.3, -0.25) is 0 Å². The molecule has 1 saturated heterocycles. The van der Waals surface area contributed by atoms with Crippen molar-refractivity contribution in [1.29, 1.82) is 0 Å². The molecule has 29 heavy (non-hydrogen) atoms. The Kier molecular flexibility index (Phi) is 4.53. The Morgan fingerprint density at radius 2 is 1.76 bits per heavy atom. The van der Waals surface area contributed by atoms with Crippen LogP contribution in [0.5, 0.6) is 0 Å². The second kappa shape index (κ2) is 6.81. The third kappa shape index (κ3) is 3.44. The molecule has 8 heteroatoms. The Labute approximate surface area is 169 Å². The minimum atomic E-state index is -0.697. The molecule has 0 aliphatic carbocycles. The van der Waals surface area contributed by atoms with E-state index in [1.165, 1.54) is 0 Å². The van der Waals surface area contributed by atoms with E-state index < -0.39 is 11.0 Å². The predicted octanol–water partition coefficient (Wildman–Crippen LogP) is 2.64. The Bertz CT molecular complexity index is 989. The smallest absolute Gasteiger partial charge is 0.324 e. The molecule has 1 aromatic carbocycles. The molecular formula is C21H26N6O2. The fourth-order valence-electron chi connectivity index (χ4n) is 3.68. The lowest BCUT2D eigenvalue weighted by Gasteiger charge is -2.42. The van der Waals surface area contributed by atoms with E-state index in [2.05, 4.69) is 53.0 Å². The van der Waals surface area contributed by atoms with E-state index in [1.54, 1.807) is 19.3 Å². The lowest BCUT2D eigenvalue weighted by atomic mass is 9.72. The zero-order chi connectivity index (χ0) is 20.8. The van der Waals surface area contributed by atoms with E-state index in [0.29, 0.717) is 24.9 Å². The molecule has 3 heterocycles. The monoisotopic (exact) mass is 394 g/mol. The number of nitrogen functional groups attached to an aromatic ring is 1.